The fourth-order valence-corrected chi connectivity index (χ4v) is 3.52. The number of rotatable bonds is 5. The molecule has 0 saturated carbocycles. The van der Waals surface area contributed by atoms with Crippen LogP contribution in [0.5, 0.6) is 0 Å². The van der Waals surface area contributed by atoms with Crippen LogP contribution in [0.25, 0.3) is 22.0 Å². The number of primary amides is 1. The molecule has 4 N–H and O–H groups in total. The van der Waals surface area contributed by atoms with Crippen molar-refractivity contribution in [3.05, 3.63) is 81.5 Å². The van der Waals surface area contributed by atoms with E-state index in [1.807, 2.05) is 43.3 Å². The van der Waals surface area contributed by atoms with Gasteiger partial charge >= 0.3 is 0 Å². The number of H-pyrrole nitrogens is 1. The van der Waals surface area contributed by atoms with Crippen LogP contribution >= 0.6 is 0 Å². The van der Waals surface area contributed by atoms with E-state index in [2.05, 4.69) is 15.5 Å². The number of carbonyl (C=O) groups excluding carboxylic acids is 1. The predicted octanol–water partition coefficient (Wildman–Crippen LogP) is 3.51. The highest BCUT2D eigenvalue weighted by Gasteiger charge is 2.20. The van der Waals surface area contributed by atoms with Gasteiger partial charge in [-0.3, -0.25) is 9.59 Å². The summed E-state index contributed by atoms with van der Waals surface area (Å²) in [4.78, 5) is 27.1. The van der Waals surface area contributed by atoms with E-state index in [1.165, 1.54) is 6.07 Å². The number of benzene rings is 2. The van der Waals surface area contributed by atoms with E-state index in [0.717, 1.165) is 16.5 Å². The number of amides is 1. The molecule has 4 aromatic rings. The summed E-state index contributed by atoms with van der Waals surface area (Å²) in [6, 6.07) is 14.8. The molecule has 0 aliphatic heterocycles. The van der Waals surface area contributed by atoms with Crippen molar-refractivity contribution in [3.63, 3.8) is 0 Å². The van der Waals surface area contributed by atoms with Crippen molar-refractivity contribution in [1.82, 2.24) is 10.1 Å². The number of nitrogens with zero attached hydrogens (tertiary/aromatic N) is 1. The van der Waals surface area contributed by atoms with Crippen molar-refractivity contribution in [3.8, 4) is 11.1 Å². The fourth-order valence-electron chi connectivity index (χ4n) is 3.52. The van der Waals surface area contributed by atoms with Gasteiger partial charge < -0.3 is 20.6 Å². The molecule has 4 rings (SSSR count). The first-order valence-electron chi connectivity index (χ1n) is 9.16. The predicted molar refractivity (Wildman–Crippen MR) is 112 cm³/mol. The average Bonchev–Trinajstić information content (AvgIpc) is 3.04. The Morgan fingerprint density at radius 1 is 1.17 bits per heavy atom. The number of aryl methyl sites for hydroxylation is 2. The fraction of sp³-hybridized carbons (Fsp3) is 0.136. The summed E-state index contributed by atoms with van der Waals surface area (Å²) in [7, 11) is 0. The maximum Gasteiger partial charge on any atom is 0.250 e. The van der Waals surface area contributed by atoms with Crippen LogP contribution in [-0.2, 0) is 6.54 Å². The minimum atomic E-state index is -0.592. The summed E-state index contributed by atoms with van der Waals surface area (Å²) in [6.07, 6.45) is 0. The Morgan fingerprint density at radius 3 is 2.59 bits per heavy atom. The molecule has 2 heterocycles. The van der Waals surface area contributed by atoms with Crippen LogP contribution in [0.15, 0.2) is 57.8 Å². The summed E-state index contributed by atoms with van der Waals surface area (Å²) in [6.45, 7) is 4.14. The normalized spacial score (nSPS) is 11.0. The zero-order valence-electron chi connectivity index (χ0n) is 16.1. The lowest BCUT2D eigenvalue weighted by Crippen LogP contribution is -2.14. The van der Waals surface area contributed by atoms with E-state index in [9.17, 15) is 9.59 Å². The Kier molecular flexibility index (Phi) is 4.64. The molecule has 0 bridgehead atoms. The second-order valence-electron chi connectivity index (χ2n) is 6.89. The van der Waals surface area contributed by atoms with Crippen LogP contribution < -0.4 is 16.6 Å². The molecule has 0 unspecified atom stereocenters. The SMILES string of the molecule is Cc1noc(C)c1-c1cc2c(NCc3ccccc3)cc(=O)[nH]c2cc1C(N)=O. The number of fused-ring (bicyclic) bond motifs is 1. The van der Waals surface area contributed by atoms with Gasteiger partial charge in [-0.25, -0.2) is 0 Å². The van der Waals surface area contributed by atoms with Gasteiger partial charge in [-0.1, -0.05) is 35.5 Å². The number of aromatic amines is 1. The lowest BCUT2D eigenvalue weighted by Gasteiger charge is -2.13. The van der Waals surface area contributed by atoms with E-state index >= 15 is 0 Å². The molecule has 7 heteroatoms. The number of nitrogens with two attached hydrogens (primary N) is 1. The van der Waals surface area contributed by atoms with E-state index in [4.69, 9.17) is 10.3 Å². The van der Waals surface area contributed by atoms with Crippen LogP contribution in [0.2, 0.25) is 0 Å². The van der Waals surface area contributed by atoms with E-state index < -0.39 is 5.91 Å². The Morgan fingerprint density at radius 2 is 1.93 bits per heavy atom. The van der Waals surface area contributed by atoms with Gasteiger partial charge in [0.1, 0.15) is 5.76 Å². The molecule has 2 aromatic heterocycles. The van der Waals surface area contributed by atoms with Crippen molar-refractivity contribution in [1.29, 1.82) is 0 Å². The minimum Gasteiger partial charge on any atom is -0.380 e. The van der Waals surface area contributed by atoms with Crippen LogP contribution in [0.4, 0.5) is 5.69 Å². The number of aromatic nitrogens is 2. The molecular weight excluding hydrogens is 368 g/mol. The molecule has 0 saturated heterocycles. The highest BCUT2D eigenvalue weighted by atomic mass is 16.5. The Balaban J connectivity index is 1.90. The number of anilines is 1. The van der Waals surface area contributed by atoms with Crippen LogP contribution in [0.1, 0.15) is 27.4 Å². The van der Waals surface area contributed by atoms with Gasteiger partial charge in [0.2, 0.25) is 11.5 Å². The summed E-state index contributed by atoms with van der Waals surface area (Å²) in [5.41, 5.74) is 9.93. The highest BCUT2D eigenvalue weighted by molar-refractivity contribution is 6.06. The third-order valence-corrected chi connectivity index (χ3v) is 4.88. The van der Waals surface area contributed by atoms with Gasteiger partial charge in [0, 0.05) is 40.4 Å². The number of hydrogen-bond acceptors (Lipinski definition) is 5. The minimum absolute atomic E-state index is 0.270. The maximum absolute atomic E-state index is 12.2. The van der Waals surface area contributed by atoms with Gasteiger partial charge in [0.25, 0.3) is 0 Å². The van der Waals surface area contributed by atoms with Crippen LogP contribution in [0.3, 0.4) is 0 Å². The van der Waals surface area contributed by atoms with Crippen LogP contribution in [0, 0.1) is 13.8 Å². The molecule has 1 amide bonds. The van der Waals surface area contributed by atoms with Crippen molar-refractivity contribution < 1.29 is 9.32 Å². The van der Waals surface area contributed by atoms with Crippen LogP contribution in [-0.4, -0.2) is 16.0 Å². The van der Waals surface area contributed by atoms with Gasteiger partial charge in [-0.05, 0) is 31.5 Å². The Labute approximate surface area is 166 Å². The summed E-state index contributed by atoms with van der Waals surface area (Å²) < 4.78 is 5.28. The first-order valence-corrected chi connectivity index (χ1v) is 9.16. The third-order valence-electron chi connectivity index (χ3n) is 4.88. The molecule has 0 aliphatic carbocycles. The first-order chi connectivity index (χ1) is 13.9. The third kappa shape index (κ3) is 3.50. The molecule has 29 heavy (non-hydrogen) atoms. The molecule has 2 aromatic carbocycles. The Hall–Kier alpha value is -3.87. The van der Waals surface area contributed by atoms with Gasteiger partial charge in [0.15, 0.2) is 0 Å². The highest BCUT2D eigenvalue weighted by Crippen LogP contribution is 2.34. The lowest BCUT2D eigenvalue weighted by molar-refractivity contribution is 0.100. The molecule has 0 atom stereocenters. The average molecular weight is 388 g/mol. The van der Waals surface area contributed by atoms with Crippen molar-refractivity contribution in [2.75, 3.05) is 5.32 Å². The first kappa shape index (κ1) is 18.5. The topological polar surface area (TPSA) is 114 Å². The van der Waals surface area contributed by atoms with Gasteiger partial charge in [0.05, 0.1) is 11.2 Å². The van der Waals surface area contributed by atoms with Crippen molar-refractivity contribution >= 4 is 22.5 Å². The zero-order chi connectivity index (χ0) is 20.5. The van der Waals surface area contributed by atoms with E-state index in [-0.39, 0.29) is 5.56 Å². The molecular formula is C22H20N4O3. The monoisotopic (exact) mass is 388 g/mol. The largest absolute Gasteiger partial charge is 0.380 e. The second-order valence-corrected chi connectivity index (χ2v) is 6.89. The maximum atomic E-state index is 12.2. The summed E-state index contributed by atoms with van der Waals surface area (Å²) >= 11 is 0. The molecule has 0 aliphatic rings. The second kappa shape index (κ2) is 7.27. The van der Waals surface area contributed by atoms with E-state index in [1.54, 1.807) is 13.0 Å². The molecule has 146 valence electrons. The number of carbonyl (C=O) groups is 1. The number of pyridine rings is 1. The molecule has 0 fully saturated rings. The quantitative estimate of drug-likeness (QED) is 0.484. The number of hydrogen-bond donors (Lipinski definition) is 3. The van der Waals surface area contributed by atoms with Gasteiger partial charge in [-0.15, -0.1) is 0 Å². The lowest BCUT2D eigenvalue weighted by atomic mass is 9.95. The molecule has 0 spiro atoms. The molecule has 0 radical (unpaired) electrons. The molecule has 7 nitrogen and oxygen atoms in total. The van der Waals surface area contributed by atoms with E-state index in [0.29, 0.717) is 40.3 Å². The van der Waals surface area contributed by atoms with Crippen molar-refractivity contribution in [2.45, 2.75) is 20.4 Å². The smallest absolute Gasteiger partial charge is 0.250 e. The summed E-state index contributed by atoms with van der Waals surface area (Å²) in [5, 5.41) is 8.07. The Bertz CT molecular complexity index is 1250. The number of nitrogens with one attached hydrogen (secondary N) is 2. The summed E-state index contributed by atoms with van der Waals surface area (Å²) in [5.74, 6) is -0.00188. The van der Waals surface area contributed by atoms with Crippen molar-refractivity contribution in [2.24, 2.45) is 5.73 Å². The van der Waals surface area contributed by atoms with Gasteiger partial charge in [-0.2, -0.15) is 0 Å². The standard InChI is InChI=1S/C22H20N4O3/c1-12-21(13(2)29-26-12)15-8-17-18(24-11-14-6-4-3-5-7-14)10-20(27)25-19(17)9-16(15)22(23)28/h3-10H,11H2,1-2H3,(H2,23,28)(H2,24,25,27). The zero-order valence-corrected chi connectivity index (χ0v) is 16.1.